The van der Waals surface area contributed by atoms with Gasteiger partial charge in [-0.3, -0.25) is 4.21 Å². The van der Waals surface area contributed by atoms with Crippen molar-refractivity contribution in [2.24, 2.45) is 0 Å². The number of hydrogen-bond donors (Lipinski definition) is 1. The van der Waals surface area contributed by atoms with E-state index in [4.69, 9.17) is 5.11 Å². The predicted octanol–water partition coefficient (Wildman–Crippen LogP) is 1.72. The SMILES string of the molecule is O=S(CC(O)C(F)(F)F)c1ccccc1. The molecule has 2 nitrogen and oxygen atoms in total. The fourth-order valence-electron chi connectivity index (χ4n) is 0.906. The van der Waals surface area contributed by atoms with Crippen LogP contribution in [-0.2, 0) is 10.8 Å². The first kappa shape index (κ1) is 12.2. The quantitative estimate of drug-likeness (QED) is 0.870. The van der Waals surface area contributed by atoms with Crippen LogP contribution in [0.5, 0.6) is 0 Å². The molecule has 1 rings (SSSR count). The minimum atomic E-state index is -4.72. The average Bonchev–Trinajstić information content (AvgIpc) is 2.17. The van der Waals surface area contributed by atoms with E-state index in [1.54, 1.807) is 18.2 Å². The molecule has 2 unspecified atom stereocenters. The van der Waals surface area contributed by atoms with Crippen molar-refractivity contribution in [2.75, 3.05) is 5.75 Å². The Morgan fingerprint density at radius 3 is 2.27 bits per heavy atom. The summed E-state index contributed by atoms with van der Waals surface area (Å²) in [6, 6.07) is 7.74. The Morgan fingerprint density at radius 2 is 1.80 bits per heavy atom. The van der Waals surface area contributed by atoms with E-state index in [1.807, 2.05) is 0 Å². The Bertz CT molecular complexity index is 337. The molecule has 0 radical (unpaired) electrons. The van der Waals surface area contributed by atoms with E-state index in [1.165, 1.54) is 12.1 Å². The molecule has 0 amide bonds. The van der Waals surface area contributed by atoms with Gasteiger partial charge in [-0.25, -0.2) is 0 Å². The van der Waals surface area contributed by atoms with Crippen LogP contribution in [0.15, 0.2) is 35.2 Å². The maximum Gasteiger partial charge on any atom is 0.415 e. The maximum atomic E-state index is 11.9. The third-order valence-electron chi connectivity index (χ3n) is 1.69. The first-order valence-corrected chi connectivity index (χ1v) is 5.41. The standard InChI is InChI=1S/C9H9F3O2S/c10-9(11,12)8(13)6-15(14)7-4-2-1-3-5-7/h1-5,8,13H,6H2. The highest BCUT2D eigenvalue weighted by atomic mass is 32.2. The van der Waals surface area contributed by atoms with Crippen LogP contribution < -0.4 is 0 Å². The monoisotopic (exact) mass is 238 g/mol. The minimum Gasteiger partial charge on any atom is -0.383 e. The number of halogens is 3. The molecule has 0 aliphatic rings. The molecule has 0 saturated carbocycles. The lowest BCUT2D eigenvalue weighted by Gasteiger charge is -2.13. The van der Waals surface area contributed by atoms with Gasteiger partial charge in [-0.15, -0.1) is 0 Å². The normalized spacial score (nSPS) is 16.0. The van der Waals surface area contributed by atoms with E-state index in [0.717, 1.165) is 0 Å². The summed E-state index contributed by atoms with van der Waals surface area (Å²) in [6.45, 7) is 0. The summed E-state index contributed by atoms with van der Waals surface area (Å²) in [4.78, 5) is 0.279. The third-order valence-corrected chi connectivity index (χ3v) is 3.11. The van der Waals surface area contributed by atoms with Crippen molar-refractivity contribution in [3.05, 3.63) is 30.3 Å². The second kappa shape index (κ2) is 4.76. The molecule has 0 aliphatic carbocycles. The Kier molecular flexibility index (Phi) is 3.87. The molecule has 0 aromatic heterocycles. The van der Waals surface area contributed by atoms with Gasteiger partial charge in [-0.05, 0) is 12.1 Å². The van der Waals surface area contributed by atoms with Gasteiger partial charge in [0.05, 0.1) is 16.6 Å². The Morgan fingerprint density at radius 1 is 1.27 bits per heavy atom. The number of hydrogen-bond acceptors (Lipinski definition) is 2. The summed E-state index contributed by atoms with van der Waals surface area (Å²) in [5.41, 5.74) is 0. The molecule has 6 heteroatoms. The van der Waals surface area contributed by atoms with Gasteiger partial charge in [-0.1, -0.05) is 18.2 Å². The van der Waals surface area contributed by atoms with Gasteiger partial charge >= 0.3 is 6.18 Å². The van der Waals surface area contributed by atoms with Crippen LogP contribution in [0.3, 0.4) is 0 Å². The van der Waals surface area contributed by atoms with Crippen molar-refractivity contribution >= 4 is 10.8 Å². The highest BCUT2D eigenvalue weighted by molar-refractivity contribution is 7.85. The van der Waals surface area contributed by atoms with Gasteiger partial charge in [0, 0.05) is 4.90 Å². The molecule has 0 bridgehead atoms. The highest BCUT2D eigenvalue weighted by Crippen LogP contribution is 2.21. The van der Waals surface area contributed by atoms with Crippen LogP contribution in [0.4, 0.5) is 13.2 Å². The molecule has 84 valence electrons. The van der Waals surface area contributed by atoms with Crippen LogP contribution in [-0.4, -0.2) is 27.3 Å². The topological polar surface area (TPSA) is 37.3 Å². The fourth-order valence-corrected chi connectivity index (χ4v) is 2.04. The zero-order chi connectivity index (χ0) is 11.5. The van der Waals surface area contributed by atoms with Crippen LogP contribution in [0.1, 0.15) is 0 Å². The lowest BCUT2D eigenvalue weighted by molar-refractivity contribution is -0.196. The van der Waals surface area contributed by atoms with Crippen molar-refractivity contribution in [3.8, 4) is 0 Å². The average molecular weight is 238 g/mol. The summed E-state index contributed by atoms with van der Waals surface area (Å²) in [6.07, 6.45) is -7.26. The van der Waals surface area contributed by atoms with Crippen LogP contribution >= 0.6 is 0 Å². The predicted molar refractivity (Wildman–Crippen MR) is 49.8 cm³/mol. The summed E-state index contributed by atoms with van der Waals surface area (Å²) >= 11 is 0. The van der Waals surface area contributed by atoms with E-state index in [-0.39, 0.29) is 4.90 Å². The molecular weight excluding hydrogens is 229 g/mol. The number of aliphatic hydroxyl groups is 1. The van der Waals surface area contributed by atoms with Gasteiger partial charge in [0.15, 0.2) is 6.10 Å². The van der Waals surface area contributed by atoms with E-state index in [0.29, 0.717) is 0 Å². The molecule has 0 saturated heterocycles. The molecule has 0 aliphatic heterocycles. The molecular formula is C9H9F3O2S. The largest absolute Gasteiger partial charge is 0.415 e. The first-order valence-electron chi connectivity index (χ1n) is 4.09. The second-order valence-electron chi connectivity index (χ2n) is 2.88. The maximum absolute atomic E-state index is 11.9. The molecule has 0 fully saturated rings. The highest BCUT2D eigenvalue weighted by Gasteiger charge is 2.39. The van der Waals surface area contributed by atoms with Gasteiger partial charge in [0.2, 0.25) is 0 Å². The van der Waals surface area contributed by atoms with Gasteiger partial charge < -0.3 is 5.11 Å². The van der Waals surface area contributed by atoms with Gasteiger partial charge in [-0.2, -0.15) is 13.2 Å². The molecule has 0 spiro atoms. The van der Waals surface area contributed by atoms with Gasteiger partial charge in [0.1, 0.15) is 0 Å². The van der Waals surface area contributed by atoms with Crippen LogP contribution in [0.25, 0.3) is 0 Å². The van der Waals surface area contributed by atoms with Gasteiger partial charge in [0.25, 0.3) is 0 Å². The molecule has 0 heterocycles. The van der Waals surface area contributed by atoms with Crippen molar-refractivity contribution in [2.45, 2.75) is 17.2 Å². The van der Waals surface area contributed by atoms with Crippen molar-refractivity contribution < 1.29 is 22.5 Å². The van der Waals surface area contributed by atoms with E-state index in [2.05, 4.69) is 0 Å². The Balaban J connectivity index is 2.65. The van der Waals surface area contributed by atoms with Crippen molar-refractivity contribution in [1.29, 1.82) is 0 Å². The van der Waals surface area contributed by atoms with E-state index in [9.17, 15) is 17.4 Å². The number of aliphatic hydroxyl groups excluding tert-OH is 1. The number of alkyl halides is 3. The van der Waals surface area contributed by atoms with Crippen molar-refractivity contribution in [3.63, 3.8) is 0 Å². The zero-order valence-electron chi connectivity index (χ0n) is 7.57. The van der Waals surface area contributed by atoms with Crippen LogP contribution in [0.2, 0.25) is 0 Å². The fraction of sp³-hybridized carbons (Fsp3) is 0.333. The summed E-state index contributed by atoms with van der Waals surface area (Å²) in [5.74, 6) is -0.826. The Labute approximate surface area is 87.2 Å². The summed E-state index contributed by atoms with van der Waals surface area (Å²) in [7, 11) is -1.83. The summed E-state index contributed by atoms with van der Waals surface area (Å²) < 4.78 is 47.2. The number of benzene rings is 1. The molecule has 1 aromatic carbocycles. The first-order chi connectivity index (χ1) is 6.91. The number of rotatable bonds is 3. The second-order valence-corrected chi connectivity index (χ2v) is 4.38. The molecule has 1 aromatic rings. The summed E-state index contributed by atoms with van der Waals surface area (Å²) in [5, 5.41) is 8.70. The molecule has 2 atom stereocenters. The lowest BCUT2D eigenvalue weighted by Crippen LogP contribution is -2.33. The zero-order valence-corrected chi connectivity index (χ0v) is 8.39. The Hall–Kier alpha value is -0.880. The minimum absolute atomic E-state index is 0.279. The smallest absolute Gasteiger partial charge is 0.383 e. The van der Waals surface area contributed by atoms with Crippen LogP contribution in [0, 0.1) is 0 Å². The lowest BCUT2D eigenvalue weighted by atomic mass is 10.4. The van der Waals surface area contributed by atoms with E-state index < -0.39 is 28.8 Å². The molecule has 1 N–H and O–H groups in total. The molecule has 15 heavy (non-hydrogen) atoms. The van der Waals surface area contributed by atoms with Crippen molar-refractivity contribution in [1.82, 2.24) is 0 Å². The third kappa shape index (κ3) is 3.64. The van der Waals surface area contributed by atoms with E-state index >= 15 is 0 Å².